The summed E-state index contributed by atoms with van der Waals surface area (Å²) in [4.78, 5) is 0. The number of hydrogen-bond acceptors (Lipinski definition) is 1. The summed E-state index contributed by atoms with van der Waals surface area (Å²) >= 11 is 0. The summed E-state index contributed by atoms with van der Waals surface area (Å²) in [5, 5.41) is 6.50. The molecule has 0 spiro atoms. The standard InChI is InChI=1S/C18H15B.BHO/c1-4-10-16(11-5-1)19(17-12-6-2-7-13-17)18-14-8-3-9-15-18;1-2/h1-15H;2H. The third-order valence-corrected chi connectivity index (χ3v) is 3.40. The Morgan fingerprint density at radius 2 is 0.714 bits per heavy atom. The lowest BCUT2D eigenvalue weighted by atomic mass is 9.37. The van der Waals surface area contributed by atoms with Crippen molar-refractivity contribution in [2.24, 2.45) is 0 Å². The molecule has 21 heavy (non-hydrogen) atoms. The van der Waals surface area contributed by atoms with Crippen LogP contribution in [-0.2, 0) is 0 Å². The molecule has 0 aliphatic carbocycles. The Kier molecular flexibility index (Phi) is 5.86. The number of benzene rings is 3. The van der Waals surface area contributed by atoms with Crippen molar-refractivity contribution in [1.29, 1.82) is 0 Å². The van der Waals surface area contributed by atoms with Crippen LogP contribution in [0, 0.1) is 0 Å². The first-order valence-corrected chi connectivity index (χ1v) is 6.86. The molecule has 0 aromatic heterocycles. The average molecular weight is 270 g/mol. The minimum atomic E-state index is 0.309. The largest absolute Gasteiger partial charge is 0.461 e. The molecule has 1 nitrogen and oxygen atoms in total. The zero-order chi connectivity index (χ0) is 14.9. The summed E-state index contributed by atoms with van der Waals surface area (Å²) in [5.41, 5.74) is 4.00. The highest BCUT2D eigenvalue weighted by atomic mass is 16.2. The molecule has 1 N–H and O–H groups in total. The molecule has 3 heteroatoms. The van der Waals surface area contributed by atoms with Gasteiger partial charge in [0.2, 0.25) is 6.71 Å². The van der Waals surface area contributed by atoms with Gasteiger partial charge in [0.05, 0.1) is 0 Å². The molecule has 0 amide bonds. The van der Waals surface area contributed by atoms with E-state index >= 15 is 0 Å². The zero-order valence-electron chi connectivity index (χ0n) is 11.8. The fourth-order valence-electron chi connectivity index (χ4n) is 2.51. The van der Waals surface area contributed by atoms with Gasteiger partial charge in [-0.25, -0.2) is 0 Å². The van der Waals surface area contributed by atoms with E-state index in [0.29, 0.717) is 6.71 Å². The molecule has 100 valence electrons. The van der Waals surface area contributed by atoms with Crippen LogP contribution < -0.4 is 16.4 Å². The summed E-state index contributed by atoms with van der Waals surface area (Å²) in [6, 6.07) is 32.0. The van der Waals surface area contributed by atoms with Gasteiger partial charge >= 0.3 is 0 Å². The summed E-state index contributed by atoms with van der Waals surface area (Å²) in [6.07, 6.45) is 0. The summed E-state index contributed by atoms with van der Waals surface area (Å²) in [6.45, 7) is 0.309. The minimum absolute atomic E-state index is 0.309. The van der Waals surface area contributed by atoms with Crippen LogP contribution in [0.25, 0.3) is 0 Å². The molecule has 0 fully saturated rings. The van der Waals surface area contributed by atoms with E-state index < -0.39 is 0 Å². The van der Waals surface area contributed by atoms with E-state index in [1.54, 1.807) is 0 Å². The Balaban J connectivity index is 0.000000774. The molecule has 2 radical (unpaired) electrons. The van der Waals surface area contributed by atoms with Crippen LogP contribution in [0.2, 0.25) is 0 Å². The first-order chi connectivity index (χ1) is 10.4. The van der Waals surface area contributed by atoms with Crippen molar-refractivity contribution in [3.63, 3.8) is 0 Å². The van der Waals surface area contributed by atoms with E-state index in [4.69, 9.17) is 5.02 Å². The summed E-state index contributed by atoms with van der Waals surface area (Å²) in [5.74, 6) is 0. The second kappa shape index (κ2) is 8.13. The molecule has 0 saturated heterocycles. The lowest BCUT2D eigenvalue weighted by Gasteiger charge is -2.15. The maximum Gasteiger partial charge on any atom is 0.277 e. The lowest BCUT2D eigenvalue weighted by Crippen LogP contribution is -2.51. The van der Waals surface area contributed by atoms with Crippen molar-refractivity contribution in [2.75, 3.05) is 0 Å². The lowest BCUT2D eigenvalue weighted by molar-refractivity contribution is 0.629. The molecule has 0 atom stereocenters. The maximum atomic E-state index is 6.50. The first kappa shape index (κ1) is 15.1. The van der Waals surface area contributed by atoms with E-state index in [9.17, 15) is 0 Å². The Morgan fingerprint density at radius 1 is 0.476 bits per heavy atom. The van der Waals surface area contributed by atoms with Crippen molar-refractivity contribution in [2.45, 2.75) is 0 Å². The van der Waals surface area contributed by atoms with Gasteiger partial charge in [-0.1, -0.05) is 107 Å². The van der Waals surface area contributed by atoms with Crippen molar-refractivity contribution in [1.82, 2.24) is 0 Å². The van der Waals surface area contributed by atoms with Crippen molar-refractivity contribution < 1.29 is 5.02 Å². The molecule has 0 aliphatic rings. The molecule has 3 aromatic carbocycles. The van der Waals surface area contributed by atoms with Crippen LogP contribution in [0.1, 0.15) is 0 Å². The van der Waals surface area contributed by atoms with Gasteiger partial charge in [-0.15, -0.1) is 0 Å². The highest BCUT2D eigenvalue weighted by Crippen LogP contribution is 1.95. The molecular formula is C18H16B2O. The van der Waals surface area contributed by atoms with Crippen molar-refractivity contribution in [3.05, 3.63) is 91.0 Å². The van der Waals surface area contributed by atoms with Gasteiger partial charge in [0.1, 0.15) is 0 Å². The third-order valence-electron chi connectivity index (χ3n) is 3.40. The smallest absolute Gasteiger partial charge is 0.277 e. The van der Waals surface area contributed by atoms with Gasteiger partial charge in [0.15, 0.2) is 0 Å². The van der Waals surface area contributed by atoms with Crippen LogP contribution in [0.4, 0.5) is 0 Å². The SMILES string of the molecule is [B]O.c1ccc(B(c2ccccc2)c2ccccc2)cc1. The second-order valence-electron chi connectivity index (χ2n) is 4.67. The van der Waals surface area contributed by atoms with E-state index in [2.05, 4.69) is 99.0 Å². The molecular weight excluding hydrogens is 254 g/mol. The van der Waals surface area contributed by atoms with Gasteiger partial charge in [-0.05, 0) is 0 Å². The average Bonchev–Trinajstić information content (AvgIpc) is 2.60. The van der Waals surface area contributed by atoms with Crippen LogP contribution >= 0.6 is 0 Å². The predicted octanol–water partition coefficient (Wildman–Crippen LogP) is 1.26. The number of rotatable bonds is 3. The predicted molar refractivity (Wildman–Crippen MR) is 92.0 cm³/mol. The monoisotopic (exact) mass is 270 g/mol. The normalized spacial score (nSPS) is 9.38. The minimum Gasteiger partial charge on any atom is -0.461 e. The van der Waals surface area contributed by atoms with E-state index in [0.717, 1.165) is 0 Å². The van der Waals surface area contributed by atoms with Crippen molar-refractivity contribution in [3.8, 4) is 0 Å². The van der Waals surface area contributed by atoms with E-state index in [1.165, 1.54) is 16.4 Å². The Bertz CT molecular complexity index is 533. The molecule has 3 aromatic rings. The third kappa shape index (κ3) is 3.87. The molecule has 0 aliphatic heterocycles. The molecule has 3 rings (SSSR count). The fraction of sp³-hybridized carbons (Fsp3) is 0. The van der Waals surface area contributed by atoms with Crippen LogP contribution in [0.3, 0.4) is 0 Å². The Hall–Kier alpha value is -2.25. The molecule has 0 bridgehead atoms. The first-order valence-electron chi connectivity index (χ1n) is 6.86. The molecule has 0 heterocycles. The van der Waals surface area contributed by atoms with Crippen LogP contribution in [-0.4, -0.2) is 19.8 Å². The van der Waals surface area contributed by atoms with Gasteiger partial charge in [0.25, 0.3) is 8.05 Å². The molecule has 0 unspecified atom stereocenters. The van der Waals surface area contributed by atoms with E-state index in [-0.39, 0.29) is 0 Å². The molecule has 0 saturated carbocycles. The quantitative estimate of drug-likeness (QED) is 0.710. The fourth-order valence-corrected chi connectivity index (χ4v) is 2.51. The summed E-state index contributed by atoms with van der Waals surface area (Å²) in [7, 11) is 3.50. The van der Waals surface area contributed by atoms with Crippen molar-refractivity contribution >= 4 is 31.2 Å². The number of hydrogen-bond donors (Lipinski definition) is 1. The van der Waals surface area contributed by atoms with Gasteiger partial charge in [-0.3, -0.25) is 0 Å². The maximum absolute atomic E-state index is 6.50. The highest BCUT2D eigenvalue weighted by Gasteiger charge is 2.20. The summed E-state index contributed by atoms with van der Waals surface area (Å²) < 4.78 is 0. The van der Waals surface area contributed by atoms with E-state index in [1.807, 2.05) is 0 Å². The Morgan fingerprint density at radius 3 is 0.952 bits per heavy atom. The van der Waals surface area contributed by atoms with Gasteiger partial charge < -0.3 is 5.02 Å². The highest BCUT2D eigenvalue weighted by molar-refractivity contribution is 6.95. The zero-order valence-corrected chi connectivity index (χ0v) is 11.8. The van der Waals surface area contributed by atoms with Crippen LogP contribution in [0.5, 0.6) is 0 Å². The van der Waals surface area contributed by atoms with Crippen LogP contribution in [0.15, 0.2) is 91.0 Å². The topological polar surface area (TPSA) is 20.2 Å². The van der Waals surface area contributed by atoms with Gasteiger partial charge in [-0.2, -0.15) is 0 Å². The second-order valence-corrected chi connectivity index (χ2v) is 4.67. The Labute approximate surface area is 127 Å². The van der Waals surface area contributed by atoms with Gasteiger partial charge in [0, 0.05) is 0 Å².